The van der Waals surface area contributed by atoms with Crippen molar-refractivity contribution in [3.05, 3.63) is 48.6 Å². The second kappa shape index (κ2) is 18.5. The first-order valence-corrected chi connectivity index (χ1v) is 8.98. The Morgan fingerprint density at radius 2 is 1.22 bits per heavy atom. The van der Waals surface area contributed by atoms with Gasteiger partial charge in [0.25, 0.3) is 0 Å². The number of unbranched alkanes of at least 4 members (excludes halogenated alkanes) is 4. The number of allylic oxidation sites excluding steroid dienone is 8. The highest BCUT2D eigenvalue weighted by Crippen LogP contribution is 2.01. The molecule has 0 saturated heterocycles. The summed E-state index contributed by atoms with van der Waals surface area (Å²) >= 11 is 0. The molecule has 0 aliphatic heterocycles. The van der Waals surface area contributed by atoms with Crippen LogP contribution in [0, 0.1) is 0 Å². The molecule has 0 heterocycles. The third-order valence-corrected chi connectivity index (χ3v) is 3.44. The minimum atomic E-state index is -0.124. The van der Waals surface area contributed by atoms with Gasteiger partial charge in [-0.1, -0.05) is 68.4 Å². The Bertz CT molecular complexity index is 375. The van der Waals surface area contributed by atoms with E-state index in [0.29, 0.717) is 6.42 Å². The zero-order chi connectivity index (χ0) is 17.0. The monoisotopic (exact) mass is 318 g/mol. The molecule has 0 saturated carbocycles. The minimum absolute atomic E-state index is 0.124. The molecular weight excluding hydrogens is 284 g/mol. The van der Waals surface area contributed by atoms with Gasteiger partial charge >= 0.3 is 5.97 Å². The minimum Gasteiger partial charge on any atom is -0.469 e. The highest BCUT2D eigenvalue weighted by Gasteiger charge is 1.96. The van der Waals surface area contributed by atoms with Crippen molar-refractivity contribution >= 4 is 5.97 Å². The second-order valence-corrected chi connectivity index (χ2v) is 5.56. The molecule has 23 heavy (non-hydrogen) atoms. The van der Waals surface area contributed by atoms with Gasteiger partial charge in [-0.3, -0.25) is 4.79 Å². The predicted octanol–water partition coefficient (Wildman–Crippen LogP) is 6.31. The van der Waals surface area contributed by atoms with Gasteiger partial charge in [-0.15, -0.1) is 0 Å². The summed E-state index contributed by atoms with van der Waals surface area (Å²) in [6.07, 6.45) is 28.1. The molecule has 0 unspecified atom stereocenters. The van der Waals surface area contributed by atoms with Crippen molar-refractivity contribution in [1.82, 2.24) is 0 Å². The lowest BCUT2D eigenvalue weighted by Crippen LogP contribution is -1.98. The number of carbonyl (C=O) groups excluding carboxylic acids is 1. The average molecular weight is 319 g/mol. The number of ether oxygens (including phenoxy) is 1. The summed E-state index contributed by atoms with van der Waals surface area (Å²) in [6.45, 7) is 2.24. The Hall–Kier alpha value is -1.57. The number of esters is 1. The molecule has 0 amide bonds. The van der Waals surface area contributed by atoms with Crippen LogP contribution in [0.1, 0.15) is 71.1 Å². The molecular formula is C21H34O2. The van der Waals surface area contributed by atoms with Crippen LogP contribution in [-0.4, -0.2) is 13.1 Å². The molecule has 0 spiro atoms. The van der Waals surface area contributed by atoms with Gasteiger partial charge in [-0.25, -0.2) is 0 Å². The number of hydrogen-bond donors (Lipinski definition) is 0. The number of methoxy groups -OCH3 is 1. The molecule has 0 aliphatic carbocycles. The second-order valence-electron chi connectivity index (χ2n) is 5.56. The van der Waals surface area contributed by atoms with Crippen molar-refractivity contribution in [1.29, 1.82) is 0 Å². The third kappa shape index (κ3) is 18.4. The zero-order valence-electron chi connectivity index (χ0n) is 15.0. The molecule has 0 atom stereocenters. The Kier molecular flexibility index (Phi) is 17.2. The van der Waals surface area contributed by atoms with Crippen LogP contribution >= 0.6 is 0 Å². The molecule has 0 aromatic rings. The van der Waals surface area contributed by atoms with Gasteiger partial charge in [0.2, 0.25) is 0 Å². The number of rotatable bonds is 14. The van der Waals surface area contributed by atoms with Gasteiger partial charge in [0.1, 0.15) is 0 Å². The van der Waals surface area contributed by atoms with E-state index in [0.717, 1.165) is 32.1 Å². The van der Waals surface area contributed by atoms with E-state index in [1.807, 2.05) is 0 Å². The molecule has 0 fully saturated rings. The highest BCUT2D eigenvalue weighted by atomic mass is 16.5. The van der Waals surface area contributed by atoms with Gasteiger partial charge in [0, 0.05) is 6.42 Å². The van der Waals surface area contributed by atoms with Gasteiger partial charge in [-0.05, 0) is 44.9 Å². The van der Waals surface area contributed by atoms with Crippen LogP contribution in [0.4, 0.5) is 0 Å². The standard InChI is InChI=1S/C21H34O2/c1-3-4-5-6-7-8-9-10-11-12-13-14-15-16-17-18-19-20-21(22)23-2/h7-8,10-11,13-14,16-17H,3-6,9,12,15,18-20H2,1-2H3/b8-7+,11-10+,14-13+,17-16-. The molecule has 0 rings (SSSR count). The molecule has 0 aliphatic rings. The van der Waals surface area contributed by atoms with Crippen LogP contribution in [0.3, 0.4) is 0 Å². The van der Waals surface area contributed by atoms with E-state index in [1.165, 1.54) is 32.8 Å². The Balaban J connectivity index is 3.42. The fourth-order valence-electron chi connectivity index (χ4n) is 2.03. The summed E-state index contributed by atoms with van der Waals surface area (Å²) in [4.78, 5) is 10.9. The van der Waals surface area contributed by atoms with Crippen LogP contribution in [0.15, 0.2) is 48.6 Å². The van der Waals surface area contributed by atoms with Crippen LogP contribution in [0.2, 0.25) is 0 Å². The van der Waals surface area contributed by atoms with Crippen molar-refractivity contribution in [3.63, 3.8) is 0 Å². The normalized spacial score (nSPS) is 12.3. The SMILES string of the molecule is CCCCC/C=C/C/C=C/C/C=C/C/C=C\CCCC(=O)OC. The molecule has 0 radical (unpaired) electrons. The first-order chi connectivity index (χ1) is 11.3. The molecule has 0 N–H and O–H groups in total. The van der Waals surface area contributed by atoms with E-state index in [1.54, 1.807) is 0 Å². The number of hydrogen-bond acceptors (Lipinski definition) is 2. The van der Waals surface area contributed by atoms with E-state index in [9.17, 15) is 4.79 Å². The molecule has 2 nitrogen and oxygen atoms in total. The topological polar surface area (TPSA) is 26.3 Å². The maximum atomic E-state index is 10.9. The summed E-state index contributed by atoms with van der Waals surface area (Å²) in [5.74, 6) is -0.124. The highest BCUT2D eigenvalue weighted by molar-refractivity contribution is 5.69. The van der Waals surface area contributed by atoms with Crippen LogP contribution < -0.4 is 0 Å². The largest absolute Gasteiger partial charge is 0.469 e. The van der Waals surface area contributed by atoms with E-state index in [4.69, 9.17) is 0 Å². The van der Waals surface area contributed by atoms with Crippen LogP contribution in [0.25, 0.3) is 0 Å². The van der Waals surface area contributed by atoms with Crippen LogP contribution in [0.5, 0.6) is 0 Å². The van der Waals surface area contributed by atoms with Crippen molar-refractivity contribution in [2.75, 3.05) is 7.11 Å². The Morgan fingerprint density at radius 3 is 1.70 bits per heavy atom. The number of carbonyl (C=O) groups is 1. The lowest BCUT2D eigenvalue weighted by atomic mass is 10.2. The van der Waals surface area contributed by atoms with Gasteiger partial charge in [-0.2, -0.15) is 0 Å². The van der Waals surface area contributed by atoms with E-state index >= 15 is 0 Å². The van der Waals surface area contributed by atoms with Gasteiger partial charge in [0.05, 0.1) is 7.11 Å². The zero-order valence-corrected chi connectivity index (χ0v) is 15.0. The molecule has 0 aromatic carbocycles. The summed E-state index contributed by atoms with van der Waals surface area (Å²) in [7, 11) is 1.43. The first-order valence-electron chi connectivity index (χ1n) is 8.98. The third-order valence-electron chi connectivity index (χ3n) is 3.44. The Morgan fingerprint density at radius 1 is 0.739 bits per heavy atom. The van der Waals surface area contributed by atoms with Gasteiger partial charge < -0.3 is 4.74 Å². The summed E-state index contributed by atoms with van der Waals surface area (Å²) < 4.78 is 4.59. The molecule has 2 heteroatoms. The van der Waals surface area contributed by atoms with Crippen LogP contribution in [-0.2, 0) is 9.53 Å². The molecule has 0 aromatic heterocycles. The average Bonchev–Trinajstić information content (AvgIpc) is 2.57. The van der Waals surface area contributed by atoms with E-state index in [2.05, 4.69) is 60.3 Å². The quantitative estimate of drug-likeness (QED) is 0.213. The van der Waals surface area contributed by atoms with Gasteiger partial charge in [0.15, 0.2) is 0 Å². The Labute approximate surface area is 143 Å². The summed E-state index contributed by atoms with van der Waals surface area (Å²) in [6, 6.07) is 0. The van der Waals surface area contributed by atoms with E-state index < -0.39 is 0 Å². The maximum absolute atomic E-state index is 10.9. The predicted molar refractivity (Wildman–Crippen MR) is 100 cm³/mol. The maximum Gasteiger partial charge on any atom is 0.305 e. The fraction of sp³-hybridized carbons (Fsp3) is 0.571. The van der Waals surface area contributed by atoms with Crippen molar-refractivity contribution < 1.29 is 9.53 Å². The lowest BCUT2D eigenvalue weighted by molar-refractivity contribution is -0.140. The van der Waals surface area contributed by atoms with Crippen molar-refractivity contribution in [3.8, 4) is 0 Å². The van der Waals surface area contributed by atoms with Crippen molar-refractivity contribution in [2.45, 2.75) is 71.1 Å². The van der Waals surface area contributed by atoms with Crippen molar-refractivity contribution in [2.24, 2.45) is 0 Å². The van der Waals surface area contributed by atoms with E-state index in [-0.39, 0.29) is 5.97 Å². The molecule has 0 bridgehead atoms. The summed E-state index contributed by atoms with van der Waals surface area (Å²) in [5.41, 5.74) is 0. The fourth-order valence-corrected chi connectivity index (χ4v) is 2.03. The summed E-state index contributed by atoms with van der Waals surface area (Å²) in [5, 5.41) is 0. The first kappa shape index (κ1) is 21.4. The smallest absolute Gasteiger partial charge is 0.305 e. The lowest BCUT2D eigenvalue weighted by Gasteiger charge is -1.95. The molecule has 130 valence electrons.